The Kier molecular flexibility index (Phi) is 3.02. The van der Waals surface area contributed by atoms with Crippen molar-refractivity contribution in [3.05, 3.63) is 35.9 Å². The summed E-state index contributed by atoms with van der Waals surface area (Å²) in [6, 6.07) is 10.0. The first-order valence-electron chi connectivity index (χ1n) is 5.15. The van der Waals surface area contributed by atoms with E-state index in [1.165, 1.54) is 0 Å². The highest BCUT2D eigenvalue weighted by molar-refractivity contribution is 5.78. The summed E-state index contributed by atoms with van der Waals surface area (Å²) >= 11 is 0. The summed E-state index contributed by atoms with van der Waals surface area (Å²) in [7, 11) is 1.69. The van der Waals surface area contributed by atoms with Crippen molar-refractivity contribution in [2.24, 2.45) is 5.92 Å². The summed E-state index contributed by atoms with van der Waals surface area (Å²) in [5.74, 6) is 0.378. The van der Waals surface area contributed by atoms with Crippen LogP contribution in [0.5, 0.6) is 0 Å². The first kappa shape index (κ1) is 10.2. The van der Waals surface area contributed by atoms with Crippen LogP contribution in [-0.4, -0.2) is 19.6 Å². The van der Waals surface area contributed by atoms with E-state index in [-0.39, 0.29) is 17.9 Å². The van der Waals surface area contributed by atoms with E-state index in [2.05, 4.69) is 5.32 Å². The second-order valence-corrected chi connectivity index (χ2v) is 3.84. The van der Waals surface area contributed by atoms with Crippen LogP contribution in [0.15, 0.2) is 30.3 Å². The first-order chi connectivity index (χ1) is 7.31. The summed E-state index contributed by atoms with van der Waals surface area (Å²) in [6.45, 7) is 0.715. The molecule has 2 atom stereocenters. The van der Waals surface area contributed by atoms with Crippen molar-refractivity contribution in [3.8, 4) is 0 Å². The Labute approximate surface area is 89.4 Å². The van der Waals surface area contributed by atoms with Crippen LogP contribution in [0, 0.1) is 5.92 Å². The van der Waals surface area contributed by atoms with E-state index in [0.717, 1.165) is 5.56 Å². The fourth-order valence-corrected chi connectivity index (χ4v) is 2.08. The molecule has 0 saturated carbocycles. The molecule has 1 amide bonds. The molecule has 3 heteroatoms. The average Bonchev–Trinajstić information content (AvgIpc) is 2.68. The average molecular weight is 205 g/mol. The number of amides is 1. The van der Waals surface area contributed by atoms with E-state index in [0.29, 0.717) is 13.0 Å². The van der Waals surface area contributed by atoms with Crippen LogP contribution in [0.4, 0.5) is 0 Å². The van der Waals surface area contributed by atoms with Gasteiger partial charge < -0.3 is 10.1 Å². The van der Waals surface area contributed by atoms with Crippen molar-refractivity contribution < 1.29 is 9.53 Å². The molecule has 1 fully saturated rings. The van der Waals surface area contributed by atoms with Crippen LogP contribution in [0.3, 0.4) is 0 Å². The molecule has 1 aromatic rings. The topological polar surface area (TPSA) is 38.3 Å². The fourth-order valence-electron chi connectivity index (χ4n) is 2.08. The van der Waals surface area contributed by atoms with Gasteiger partial charge in [-0.2, -0.15) is 0 Å². The van der Waals surface area contributed by atoms with Gasteiger partial charge in [-0.1, -0.05) is 30.3 Å². The number of ether oxygens (including phenoxy) is 1. The normalized spacial score (nSPS) is 22.5. The van der Waals surface area contributed by atoms with Gasteiger partial charge in [0.15, 0.2) is 0 Å². The summed E-state index contributed by atoms with van der Waals surface area (Å²) in [6.07, 6.45) is 0.582. The number of methoxy groups -OCH3 is 1. The van der Waals surface area contributed by atoms with Gasteiger partial charge >= 0.3 is 0 Å². The number of nitrogens with one attached hydrogen (secondary N) is 1. The Hall–Kier alpha value is -1.35. The van der Waals surface area contributed by atoms with Crippen molar-refractivity contribution in [1.82, 2.24) is 5.32 Å². The highest BCUT2D eigenvalue weighted by Crippen LogP contribution is 2.29. The summed E-state index contributed by atoms with van der Waals surface area (Å²) in [5.41, 5.74) is 1.14. The second kappa shape index (κ2) is 4.45. The van der Waals surface area contributed by atoms with E-state index in [1.807, 2.05) is 30.3 Å². The van der Waals surface area contributed by atoms with Crippen molar-refractivity contribution in [2.75, 3.05) is 13.7 Å². The van der Waals surface area contributed by atoms with Crippen molar-refractivity contribution in [3.63, 3.8) is 0 Å². The van der Waals surface area contributed by atoms with Crippen LogP contribution in [0.1, 0.15) is 18.1 Å². The first-order valence-corrected chi connectivity index (χ1v) is 5.15. The van der Waals surface area contributed by atoms with Crippen molar-refractivity contribution in [2.45, 2.75) is 12.5 Å². The molecule has 1 aliphatic heterocycles. The maximum absolute atomic E-state index is 11.1. The third-order valence-corrected chi connectivity index (χ3v) is 2.82. The van der Waals surface area contributed by atoms with Crippen LogP contribution >= 0.6 is 0 Å². The van der Waals surface area contributed by atoms with Gasteiger partial charge in [-0.15, -0.1) is 0 Å². The molecule has 1 aromatic carbocycles. The molecule has 0 aromatic heterocycles. The van der Waals surface area contributed by atoms with Crippen LogP contribution < -0.4 is 5.32 Å². The van der Waals surface area contributed by atoms with Crippen LogP contribution in [0.2, 0.25) is 0 Å². The molecule has 2 rings (SSSR count). The Balaban J connectivity index is 2.14. The second-order valence-electron chi connectivity index (χ2n) is 3.84. The molecule has 15 heavy (non-hydrogen) atoms. The summed E-state index contributed by atoms with van der Waals surface area (Å²) in [4.78, 5) is 11.1. The van der Waals surface area contributed by atoms with Crippen LogP contribution in [-0.2, 0) is 9.53 Å². The van der Waals surface area contributed by atoms with Gasteiger partial charge in [0.05, 0.1) is 6.10 Å². The lowest BCUT2D eigenvalue weighted by Gasteiger charge is -2.20. The molecule has 0 bridgehead atoms. The molecule has 0 spiro atoms. The van der Waals surface area contributed by atoms with E-state index < -0.39 is 0 Å². The third-order valence-electron chi connectivity index (χ3n) is 2.82. The predicted octanol–water partition coefficient (Wildman–Crippen LogP) is 1.51. The smallest absolute Gasteiger partial charge is 0.220 e. The van der Waals surface area contributed by atoms with Gasteiger partial charge in [0.2, 0.25) is 5.91 Å². The highest BCUT2D eigenvalue weighted by atomic mass is 16.5. The zero-order chi connectivity index (χ0) is 10.7. The molecule has 1 aliphatic rings. The Morgan fingerprint density at radius 1 is 1.40 bits per heavy atom. The minimum atomic E-state index is 0.0187. The monoisotopic (exact) mass is 205 g/mol. The Morgan fingerprint density at radius 2 is 2.13 bits per heavy atom. The lowest BCUT2D eigenvalue weighted by molar-refractivity contribution is -0.119. The van der Waals surface area contributed by atoms with Gasteiger partial charge in [0, 0.05) is 26.0 Å². The standard InChI is InChI=1S/C12H15NO2/c1-15-12(9-5-3-2-4-6-9)10-7-11(14)13-8-10/h2-6,10,12H,7-8H2,1H3,(H,13,14). The van der Waals surface area contributed by atoms with E-state index in [1.54, 1.807) is 7.11 Å². The summed E-state index contributed by atoms with van der Waals surface area (Å²) < 4.78 is 5.48. The molecule has 3 nitrogen and oxygen atoms in total. The largest absolute Gasteiger partial charge is 0.376 e. The number of rotatable bonds is 3. The SMILES string of the molecule is COC(c1ccccc1)C1CNC(=O)C1. The minimum absolute atomic E-state index is 0.0187. The van der Waals surface area contributed by atoms with Gasteiger partial charge in [0.25, 0.3) is 0 Å². The van der Waals surface area contributed by atoms with Crippen LogP contribution in [0.25, 0.3) is 0 Å². The van der Waals surface area contributed by atoms with E-state index in [4.69, 9.17) is 4.74 Å². The minimum Gasteiger partial charge on any atom is -0.376 e. The molecular weight excluding hydrogens is 190 g/mol. The molecule has 1 saturated heterocycles. The fraction of sp³-hybridized carbons (Fsp3) is 0.417. The number of hydrogen-bond donors (Lipinski definition) is 1. The van der Waals surface area contributed by atoms with Gasteiger partial charge in [-0.25, -0.2) is 0 Å². The van der Waals surface area contributed by atoms with E-state index >= 15 is 0 Å². The molecule has 0 radical (unpaired) electrons. The maximum atomic E-state index is 11.1. The number of benzene rings is 1. The van der Waals surface area contributed by atoms with Gasteiger partial charge in [-0.3, -0.25) is 4.79 Å². The molecule has 80 valence electrons. The number of hydrogen-bond acceptors (Lipinski definition) is 2. The Bertz CT molecular complexity index is 337. The molecule has 1 N–H and O–H groups in total. The molecular formula is C12H15NO2. The zero-order valence-corrected chi connectivity index (χ0v) is 8.77. The number of carbonyl (C=O) groups excluding carboxylic acids is 1. The lowest BCUT2D eigenvalue weighted by Crippen LogP contribution is -2.18. The highest BCUT2D eigenvalue weighted by Gasteiger charge is 2.30. The third kappa shape index (κ3) is 2.18. The quantitative estimate of drug-likeness (QED) is 0.812. The molecule has 1 heterocycles. The van der Waals surface area contributed by atoms with Gasteiger partial charge in [0.1, 0.15) is 0 Å². The zero-order valence-electron chi connectivity index (χ0n) is 8.77. The number of carbonyl (C=O) groups is 1. The molecule has 2 unspecified atom stereocenters. The van der Waals surface area contributed by atoms with Crippen molar-refractivity contribution in [1.29, 1.82) is 0 Å². The van der Waals surface area contributed by atoms with Crippen molar-refractivity contribution >= 4 is 5.91 Å². The molecule has 0 aliphatic carbocycles. The van der Waals surface area contributed by atoms with Gasteiger partial charge in [-0.05, 0) is 5.56 Å². The Morgan fingerprint density at radius 3 is 2.67 bits per heavy atom. The maximum Gasteiger partial charge on any atom is 0.220 e. The summed E-state index contributed by atoms with van der Waals surface area (Å²) in [5, 5.41) is 2.84. The van der Waals surface area contributed by atoms with E-state index in [9.17, 15) is 4.79 Å². The predicted molar refractivity (Wildman–Crippen MR) is 57.3 cm³/mol. The lowest BCUT2D eigenvalue weighted by atomic mass is 9.95.